The van der Waals surface area contributed by atoms with Gasteiger partial charge in [0, 0.05) is 12.1 Å². The summed E-state index contributed by atoms with van der Waals surface area (Å²) < 4.78 is 26.5. The Hall–Kier alpha value is -2.19. The summed E-state index contributed by atoms with van der Waals surface area (Å²) in [4.78, 5) is 23.3. The van der Waals surface area contributed by atoms with Gasteiger partial charge in [-0.2, -0.15) is 0 Å². The maximum absolute atomic E-state index is 12.4. The number of carboxylic acid groups (broad SMARTS) is 1. The zero-order valence-electron chi connectivity index (χ0n) is 13.1. The maximum atomic E-state index is 12.4. The number of benzene rings is 1. The summed E-state index contributed by atoms with van der Waals surface area (Å²) in [6.45, 7) is 3.53. The minimum atomic E-state index is -3.73. The summed E-state index contributed by atoms with van der Waals surface area (Å²) in [6, 6.07) is 5.63. The molecule has 1 aliphatic rings. The topological polar surface area (TPSA) is 113 Å². The number of aliphatic carboxylic acids is 1. The smallest absolute Gasteiger partial charge is 0.305 e. The van der Waals surface area contributed by atoms with Gasteiger partial charge in [-0.05, 0) is 37.5 Å². The number of carboxylic acids is 1. The molecule has 24 heavy (non-hydrogen) atoms. The van der Waals surface area contributed by atoms with E-state index >= 15 is 0 Å². The van der Waals surface area contributed by atoms with E-state index in [0.717, 1.165) is 6.42 Å². The zero-order valence-corrected chi connectivity index (χ0v) is 13.9. The van der Waals surface area contributed by atoms with Crippen LogP contribution in [0.15, 0.2) is 41.8 Å². The van der Waals surface area contributed by atoms with Gasteiger partial charge in [-0.25, -0.2) is 13.1 Å². The van der Waals surface area contributed by atoms with Gasteiger partial charge in [-0.1, -0.05) is 12.1 Å². The first-order valence-corrected chi connectivity index (χ1v) is 9.01. The van der Waals surface area contributed by atoms with Crippen LogP contribution in [0.5, 0.6) is 0 Å². The van der Waals surface area contributed by atoms with E-state index in [1.54, 1.807) is 0 Å². The molecule has 0 bridgehead atoms. The first-order valence-electron chi connectivity index (χ1n) is 7.53. The van der Waals surface area contributed by atoms with Gasteiger partial charge in [0.15, 0.2) is 0 Å². The molecule has 3 N–H and O–H groups in total. The molecule has 2 rings (SSSR count). The fourth-order valence-electron chi connectivity index (χ4n) is 2.61. The molecule has 1 amide bonds. The Labute approximate surface area is 140 Å². The van der Waals surface area contributed by atoms with Crippen molar-refractivity contribution < 1.29 is 23.1 Å². The molecular weight excluding hydrogens is 332 g/mol. The van der Waals surface area contributed by atoms with Crippen molar-refractivity contribution in [3.8, 4) is 0 Å². The van der Waals surface area contributed by atoms with E-state index < -0.39 is 27.4 Å². The van der Waals surface area contributed by atoms with Gasteiger partial charge in [0.2, 0.25) is 10.0 Å². The van der Waals surface area contributed by atoms with Crippen molar-refractivity contribution in [2.75, 3.05) is 6.54 Å². The second kappa shape index (κ2) is 7.14. The van der Waals surface area contributed by atoms with Crippen molar-refractivity contribution in [1.82, 2.24) is 10.0 Å². The Morgan fingerprint density at radius 3 is 2.58 bits per heavy atom. The van der Waals surface area contributed by atoms with E-state index in [0.29, 0.717) is 12.8 Å². The fraction of sp³-hybridized carbons (Fsp3) is 0.375. The van der Waals surface area contributed by atoms with E-state index in [9.17, 15) is 18.0 Å². The first kappa shape index (κ1) is 18.2. The van der Waals surface area contributed by atoms with Crippen LogP contribution in [0.1, 0.15) is 36.0 Å². The summed E-state index contributed by atoms with van der Waals surface area (Å²) in [5.74, 6) is -1.45. The van der Waals surface area contributed by atoms with Crippen molar-refractivity contribution in [3.63, 3.8) is 0 Å². The molecule has 0 spiro atoms. The van der Waals surface area contributed by atoms with Gasteiger partial charge < -0.3 is 10.4 Å². The number of amides is 1. The van der Waals surface area contributed by atoms with Gasteiger partial charge >= 0.3 is 5.97 Å². The Balaban J connectivity index is 2.17. The molecule has 1 aliphatic carbocycles. The normalized spacial score (nSPS) is 16.0. The number of rotatable bonds is 8. The SMILES string of the molecule is C=CCNS(=O)(=O)c1cccc(C(=O)NC2(CC(=O)O)CCC2)c1. The number of hydrogen-bond donors (Lipinski definition) is 3. The summed E-state index contributed by atoms with van der Waals surface area (Å²) in [7, 11) is -3.73. The van der Waals surface area contributed by atoms with Gasteiger partial charge in [0.1, 0.15) is 0 Å². The predicted octanol–water partition coefficient (Wildman–Crippen LogP) is 1.28. The van der Waals surface area contributed by atoms with Crippen molar-refractivity contribution in [3.05, 3.63) is 42.5 Å². The van der Waals surface area contributed by atoms with Crippen LogP contribution in [0.3, 0.4) is 0 Å². The molecule has 1 saturated carbocycles. The number of carbonyl (C=O) groups is 2. The molecule has 0 unspecified atom stereocenters. The van der Waals surface area contributed by atoms with Crippen LogP contribution in [0.2, 0.25) is 0 Å². The van der Waals surface area contributed by atoms with E-state index in [1.807, 2.05) is 0 Å². The molecule has 0 aliphatic heterocycles. The molecule has 0 atom stereocenters. The lowest BCUT2D eigenvalue weighted by Crippen LogP contribution is -2.54. The van der Waals surface area contributed by atoms with Crippen LogP contribution in [0.4, 0.5) is 0 Å². The third-order valence-corrected chi connectivity index (χ3v) is 5.42. The van der Waals surface area contributed by atoms with Crippen LogP contribution < -0.4 is 10.0 Å². The average molecular weight is 352 g/mol. The van der Waals surface area contributed by atoms with E-state index in [-0.39, 0.29) is 23.4 Å². The summed E-state index contributed by atoms with van der Waals surface area (Å²) in [5.41, 5.74) is -0.563. The van der Waals surface area contributed by atoms with Crippen molar-refractivity contribution in [2.24, 2.45) is 0 Å². The zero-order chi connectivity index (χ0) is 17.8. The van der Waals surface area contributed by atoms with Crippen molar-refractivity contribution in [2.45, 2.75) is 36.1 Å². The van der Waals surface area contributed by atoms with Gasteiger partial charge in [-0.3, -0.25) is 9.59 Å². The largest absolute Gasteiger partial charge is 0.481 e. The van der Waals surface area contributed by atoms with E-state index in [2.05, 4.69) is 16.6 Å². The lowest BCUT2D eigenvalue weighted by molar-refractivity contribution is -0.139. The second-order valence-electron chi connectivity index (χ2n) is 5.83. The predicted molar refractivity (Wildman–Crippen MR) is 88.1 cm³/mol. The van der Waals surface area contributed by atoms with Crippen molar-refractivity contribution in [1.29, 1.82) is 0 Å². The minimum Gasteiger partial charge on any atom is -0.481 e. The Morgan fingerprint density at radius 1 is 1.33 bits per heavy atom. The first-order chi connectivity index (χ1) is 11.3. The molecule has 1 aromatic carbocycles. The van der Waals surface area contributed by atoms with Crippen LogP contribution in [0, 0.1) is 0 Å². The number of sulfonamides is 1. The van der Waals surface area contributed by atoms with Crippen LogP contribution in [-0.2, 0) is 14.8 Å². The van der Waals surface area contributed by atoms with E-state index in [1.165, 1.54) is 30.3 Å². The van der Waals surface area contributed by atoms with Gasteiger partial charge in [0.25, 0.3) is 5.91 Å². The Bertz CT molecular complexity index is 753. The van der Waals surface area contributed by atoms with Crippen LogP contribution >= 0.6 is 0 Å². The quantitative estimate of drug-likeness (QED) is 0.610. The average Bonchev–Trinajstić information content (AvgIpc) is 2.50. The van der Waals surface area contributed by atoms with Gasteiger partial charge in [-0.15, -0.1) is 6.58 Å². The number of carbonyl (C=O) groups excluding carboxylic acids is 1. The molecule has 1 fully saturated rings. The molecule has 7 nitrogen and oxygen atoms in total. The molecule has 0 saturated heterocycles. The van der Waals surface area contributed by atoms with Crippen LogP contribution in [-0.4, -0.2) is 37.5 Å². The minimum absolute atomic E-state index is 0.0297. The molecule has 130 valence electrons. The highest BCUT2D eigenvalue weighted by molar-refractivity contribution is 7.89. The maximum Gasteiger partial charge on any atom is 0.305 e. The molecule has 1 aromatic rings. The number of nitrogens with one attached hydrogen (secondary N) is 2. The third-order valence-electron chi connectivity index (χ3n) is 4.00. The van der Waals surface area contributed by atoms with Gasteiger partial charge in [0.05, 0.1) is 16.9 Å². The van der Waals surface area contributed by atoms with E-state index in [4.69, 9.17) is 5.11 Å². The summed E-state index contributed by atoms with van der Waals surface area (Å²) in [6.07, 6.45) is 3.33. The highest BCUT2D eigenvalue weighted by atomic mass is 32.2. The highest BCUT2D eigenvalue weighted by Gasteiger charge is 2.40. The monoisotopic (exact) mass is 352 g/mol. The molecule has 0 aromatic heterocycles. The summed E-state index contributed by atoms with van der Waals surface area (Å²) in [5, 5.41) is 11.7. The highest BCUT2D eigenvalue weighted by Crippen LogP contribution is 2.35. The lowest BCUT2D eigenvalue weighted by Gasteiger charge is -2.41. The Morgan fingerprint density at radius 2 is 2.04 bits per heavy atom. The molecule has 0 radical (unpaired) electrons. The number of hydrogen-bond acceptors (Lipinski definition) is 4. The molecule has 8 heteroatoms. The standard InChI is InChI=1S/C16H20N2O5S/c1-2-9-17-24(22,23)13-6-3-5-12(10-13)15(21)18-16(7-4-8-16)11-14(19)20/h2-3,5-6,10,17H,1,4,7-9,11H2,(H,18,21)(H,19,20). The van der Waals surface area contributed by atoms with Crippen molar-refractivity contribution >= 4 is 21.9 Å². The third kappa shape index (κ3) is 4.21. The molecule has 0 heterocycles. The summed E-state index contributed by atoms with van der Waals surface area (Å²) >= 11 is 0. The lowest BCUT2D eigenvalue weighted by atomic mass is 9.74. The fourth-order valence-corrected chi connectivity index (χ4v) is 3.65. The second-order valence-corrected chi connectivity index (χ2v) is 7.59. The molecular formula is C16H20N2O5S. The van der Waals surface area contributed by atoms with Crippen LogP contribution in [0.25, 0.3) is 0 Å². The Kier molecular flexibility index (Phi) is 5.40.